The van der Waals surface area contributed by atoms with Crippen LogP contribution in [0.2, 0.25) is 0 Å². The van der Waals surface area contributed by atoms with Gasteiger partial charge in [-0.1, -0.05) is 24.2 Å². The Morgan fingerprint density at radius 3 is 3.11 bits per heavy atom. The smallest absolute Gasteiger partial charge is 0.374 e. The molecule has 18 heavy (non-hydrogen) atoms. The third-order valence-electron chi connectivity index (χ3n) is 2.95. The van der Waals surface area contributed by atoms with Crippen molar-refractivity contribution in [2.75, 3.05) is 0 Å². The van der Waals surface area contributed by atoms with E-state index < -0.39 is 5.97 Å². The molecule has 92 valence electrons. The molecule has 4 nitrogen and oxygen atoms in total. The van der Waals surface area contributed by atoms with E-state index in [4.69, 9.17) is 9.63 Å². The van der Waals surface area contributed by atoms with Crippen LogP contribution in [0.1, 0.15) is 23.0 Å². The number of benzene rings is 1. The van der Waals surface area contributed by atoms with Crippen molar-refractivity contribution in [3.05, 3.63) is 35.6 Å². The number of fused-ring (bicyclic) bond motifs is 1. The summed E-state index contributed by atoms with van der Waals surface area (Å²) in [5.41, 5.74) is 2.81. The fourth-order valence-corrected chi connectivity index (χ4v) is 3.35. The third-order valence-corrected chi connectivity index (χ3v) is 4.16. The van der Waals surface area contributed by atoms with Crippen molar-refractivity contribution in [3.63, 3.8) is 0 Å². The number of hydrogen-bond donors (Lipinski definition) is 1. The molecule has 0 fully saturated rings. The van der Waals surface area contributed by atoms with Crippen molar-refractivity contribution in [3.8, 4) is 11.3 Å². The topological polar surface area (TPSA) is 63.3 Å². The Morgan fingerprint density at radius 2 is 2.39 bits per heavy atom. The van der Waals surface area contributed by atoms with Crippen LogP contribution >= 0.6 is 11.8 Å². The second kappa shape index (κ2) is 4.17. The average molecular weight is 261 g/mol. The number of rotatable bonds is 2. The van der Waals surface area contributed by atoms with Crippen molar-refractivity contribution in [1.29, 1.82) is 0 Å². The predicted octanol–water partition coefficient (Wildman–Crippen LogP) is 3.08. The van der Waals surface area contributed by atoms with E-state index in [1.807, 2.05) is 23.9 Å². The maximum Gasteiger partial charge on any atom is 0.374 e. The quantitative estimate of drug-likeness (QED) is 0.900. The van der Waals surface area contributed by atoms with Gasteiger partial charge in [-0.3, -0.25) is 0 Å². The number of aromatic carboxylic acids is 1. The van der Waals surface area contributed by atoms with Crippen LogP contribution in [0.25, 0.3) is 11.3 Å². The van der Waals surface area contributed by atoms with Gasteiger partial charge in [0, 0.05) is 21.8 Å². The molecule has 1 aromatic carbocycles. The third kappa shape index (κ3) is 1.80. The summed E-state index contributed by atoms with van der Waals surface area (Å²) in [6.07, 6.45) is 0.978. The van der Waals surface area contributed by atoms with Crippen molar-refractivity contribution in [1.82, 2.24) is 5.16 Å². The highest BCUT2D eigenvalue weighted by Crippen LogP contribution is 2.41. The molecule has 0 amide bonds. The van der Waals surface area contributed by atoms with E-state index in [0.717, 1.165) is 12.0 Å². The van der Waals surface area contributed by atoms with Gasteiger partial charge in [0.05, 0.1) is 0 Å². The molecule has 2 aromatic rings. The van der Waals surface area contributed by atoms with Gasteiger partial charge in [0.15, 0.2) is 0 Å². The second-order valence-corrected chi connectivity index (χ2v) is 5.78. The van der Waals surface area contributed by atoms with Crippen LogP contribution < -0.4 is 0 Å². The van der Waals surface area contributed by atoms with Crippen LogP contribution in [0.15, 0.2) is 33.7 Å². The first-order valence-corrected chi connectivity index (χ1v) is 6.52. The van der Waals surface area contributed by atoms with Crippen molar-refractivity contribution < 1.29 is 14.4 Å². The van der Waals surface area contributed by atoms with E-state index >= 15 is 0 Å². The minimum atomic E-state index is -1.09. The van der Waals surface area contributed by atoms with Gasteiger partial charge in [-0.05, 0) is 18.1 Å². The zero-order valence-electron chi connectivity index (χ0n) is 9.71. The Hall–Kier alpha value is -1.75. The van der Waals surface area contributed by atoms with E-state index in [0.29, 0.717) is 10.9 Å². The zero-order valence-corrected chi connectivity index (χ0v) is 10.5. The molecular weight excluding hydrogens is 250 g/mol. The Balaban J connectivity index is 2.07. The normalized spacial score (nSPS) is 17.7. The van der Waals surface area contributed by atoms with E-state index in [2.05, 4.69) is 18.1 Å². The fourth-order valence-electron chi connectivity index (χ4n) is 2.18. The van der Waals surface area contributed by atoms with Gasteiger partial charge in [0.2, 0.25) is 5.76 Å². The summed E-state index contributed by atoms with van der Waals surface area (Å²) in [5.74, 6) is -1.22. The number of nitrogens with zero attached hydrogens (tertiary/aromatic N) is 1. The first-order chi connectivity index (χ1) is 8.65. The Labute approximate surface area is 108 Å². The Bertz CT molecular complexity index is 620. The summed E-state index contributed by atoms with van der Waals surface area (Å²) in [4.78, 5) is 12.0. The molecule has 1 aliphatic heterocycles. The molecule has 0 spiro atoms. The average Bonchev–Trinajstić information content (AvgIpc) is 2.92. The minimum absolute atomic E-state index is 0.124. The van der Waals surface area contributed by atoms with Gasteiger partial charge in [-0.25, -0.2) is 4.79 Å². The summed E-state index contributed by atoms with van der Waals surface area (Å²) in [6, 6.07) is 7.49. The van der Waals surface area contributed by atoms with Gasteiger partial charge in [0.25, 0.3) is 0 Å². The van der Waals surface area contributed by atoms with Crippen LogP contribution in [0.4, 0.5) is 0 Å². The predicted molar refractivity (Wildman–Crippen MR) is 67.9 cm³/mol. The molecule has 1 atom stereocenters. The molecule has 0 radical (unpaired) electrons. The Morgan fingerprint density at radius 1 is 1.56 bits per heavy atom. The first kappa shape index (κ1) is 11.3. The lowest BCUT2D eigenvalue weighted by atomic mass is 10.0. The minimum Gasteiger partial charge on any atom is -0.475 e. The summed E-state index contributed by atoms with van der Waals surface area (Å²) in [5, 5.41) is 13.2. The van der Waals surface area contributed by atoms with Crippen molar-refractivity contribution in [2.45, 2.75) is 23.5 Å². The zero-order chi connectivity index (χ0) is 12.7. The van der Waals surface area contributed by atoms with E-state index in [9.17, 15) is 4.79 Å². The standard InChI is InChI=1S/C13H11NO3S/c1-7-5-9-8(3-2-4-12(9)18-7)10-6-11(13(15)16)17-14-10/h2-4,6-7H,5H2,1H3,(H,15,16). The van der Waals surface area contributed by atoms with Crippen molar-refractivity contribution >= 4 is 17.7 Å². The van der Waals surface area contributed by atoms with Crippen LogP contribution in [0.3, 0.4) is 0 Å². The van der Waals surface area contributed by atoms with Gasteiger partial charge in [0.1, 0.15) is 5.69 Å². The molecule has 1 unspecified atom stereocenters. The molecule has 0 bridgehead atoms. The van der Waals surface area contributed by atoms with Gasteiger partial charge in [-0.15, -0.1) is 11.8 Å². The lowest BCUT2D eigenvalue weighted by Gasteiger charge is -2.03. The largest absolute Gasteiger partial charge is 0.475 e. The number of carboxylic acids is 1. The maximum atomic E-state index is 10.8. The molecule has 3 rings (SSSR count). The highest BCUT2D eigenvalue weighted by atomic mass is 32.2. The molecule has 0 saturated heterocycles. The van der Waals surface area contributed by atoms with Gasteiger partial charge < -0.3 is 9.63 Å². The monoisotopic (exact) mass is 261 g/mol. The molecule has 0 aliphatic carbocycles. The van der Waals surface area contributed by atoms with Crippen LogP contribution in [-0.2, 0) is 6.42 Å². The van der Waals surface area contributed by atoms with Gasteiger partial charge >= 0.3 is 5.97 Å². The molecule has 1 aliphatic rings. The Kier molecular flexibility index (Phi) is 2.63. The van der Waals surface area contributed by atoms with E-state index in [1.54, 1.807) is 0 Å². The molecule has 5 heteroatoms. The SMILES string of the molecule is CC1Cc2c(cccc2-c2cc(C(=O)O)on2)S1. The molecule has 0 saturated carbocycles. The fraction of sp³-hybridized carbons (Fsp3) is 0.231. The molecule has 1 aromatic heterocycles. The summed E-state index contributed by atoms with van der Waals surface area (Å²) >= 11 is 1.84. The number of carbonyl (C=O) groups is 1. The highest BCUT2D eigenvalue weighted by Gasteiger charge is 2.23. The van der Waals surface area contributed by atoms with E-state index in [1.165, 1.54) is 16.5 Å². The highest BCUT2D eigenvalue weighted by molar-refractivity contribution is 8.00. The van der Waals surface area contributed by atoms with Crippen LogP contribution in [-0.4, -0.2) is 21.5 Å². The summed E-state index contributed by atoms with van der Waals surface area (Å²) in [7, 11) is 0. The first-order valence-electron chi connectivity index (χ1n) is 5.64. The molecule has 2 heterocycles. The lowest BCUT2D eigenvalue weighted by Crippen LogP contribution is -1.94. The number of carboxylic acid groups (broad SMARTS) is 1. The summed E-state index contributed by atoms with van der Waals surface area (Å²) < 4.78 is 4.81. The molecular formula is C13H11NO3S. The maximum absolute atomic E-state index is 10.8. The van der Waals surface area contributed by atoms with Crippen molar-refractivity contribution in [2.24, 2.45) is 0 Å². The number of thioether (sulfide) groups is 1. The van der Waals surface area contributed by atoms with Gasteiger partial charge in [-0.2, -0.15) is 0 Å². The summed E-state index contributed by atoms with van der Waals surface area (Å²) in [6.45, 7) is 2.18. The lowest BCUT2D eigenvalue weighted by molar-refractivity contribution is 0.0652. The van der Waals surface area contributed by atoms with E-state index in [-0.39, 0.29) is 5.76 Å². The van der Waals surface area contributed by atoms with Crippen LogP contribution in [0, 0.1) is 0 Å². The second-order valence-electron chi connectivity index (χ2n) is 4.30. The van der Waals surface area contributed by atoms with Crippen LogP contribution in [0.5, 0.6) is 0 Å². The molecule has 1 N–H and O–H groups in total. The number of aromatic nitrogens is 1. The number of hydrogen-bond acceptors (Lipinski definition) is 4.